The van der Waals surface area contributed by atoms with Crippen LogP contribution in [0.25, 0.3) is 0 Å². The number of ether oxygens (including phenoxy) is 2. The van der Waals surface area contributed by atoms with E-state index in [1.807, 2.05) is 54.6 Å². The van der Waals surface area contributed by atoms with Gasteiger partial charge in [0, 0.05) is 17.1 Å². The van der Waals surface area contributed by atoms with E-state index in [9.17, 15) is 9.59 Å². The van der Waals surface area contributed by atoms with Crippen molar-refractivity contribution in [2.75, 3.05) is 6.61 Å². The minimum Gasteiger partial charge on any atom is -0.489 e. The van der Waals surface area contributed by atoms with Crippen molar-refractivity contribution < 1.29 is 19.1 Å². The maximum atomic E-state index is 12.4. The molecule has 0 atom stereocenters. The fourth-order valence-electron chi connectivity index (χ4n) is 2.62. The van der Waals surface area contributed by atoms with Gasteiger partial charge in [0.1, 0.15) is 12.4 Å². The number of esters is 1. The number of nitrogens with one attached hydrogen (secondary N) is 1. The topological polar surface area (TPSA) is 64.6 Å². The van der Waals surface area contributed by atoms with E-state index in [0.29, 0.717) is 21.9 Å². The molecule has 0 aliphatic heterocycles. The summed E-state index contributed by atoms with van der Waals surface area (Å²) >= 11 is 6.06. The molecule has 3 aromatic rings. The summed E-state index contributed by atoms with van der Waals surface area (Å²) in [5.41, 5.74) is 1.83. The number of amides is 1. The van der Waals surface area contributed by atoms with Crippen LogP contribution in [0.5, 0.6) is 5.75 Å². The molecule has 0 saturated heterocycles. The molecule has 29 heavy (non-hydrogen) atoms. The Hall–Kier alpha value is -3.31. The molecule has 0 saturated carbocycles. The third kappa shape index (κ3) is 6.09. The molecule has 6 heteroatoms. The lowest BCUT2D eigenvalue weighted by Crippen LogP contribution is -2.28. The molecular weight excluding hydrogens is 390 g/mol. The van der Waals surface area contributed by atoms with Crippen LogP contribution in [0.15, 0.2) is 78.9 Å². The van der Waals surface area contributed by atoms with E-state index in [2.05, 4.69) is 5.32 Å². The Kier molecular flexibility index (Phi) is 7.25. The van der Waals surface area contributed by atoms with Crippen molar-refractivity contribution in [3.05, 3.63) is 101 Å². The number of carbonyl (C=O) groups excluding carboxylic acids is 2. The molecule has 0 aliphatic rings. The molecule has 0 fully saturated rings. The van der Waals surface area contributed by atoms with Gasteiger partial charge in [0.15, 0.2) is 6.61 Å². The lowest BCUT2D eigenvalue weighted by Gasteiger charge is -2.11. The Balaban J connectivity index is 1.52. The van der Waals surface area contributed by atoms with Crippen LogP contribution in [0.1, 0.15) is 21.5 Å². The van der Waals surface area contributed by atoms with E-state index >= 15 is 0 Å². The SMILES string of the molecule is O=C(COC(=O)c1ccccc1COc1ccccc1)NCc1ccccc1Cl. The highest BCUT2D eigenvalue weighted by molar-refractivity contribution is 6.31. The predicted octanol–water partition coefficient (Wildman–Crippen LogP) is 4.39. The molecule has 5 nitrogen and oxygen atoms in total. The van der Waals surface area contributed by atoms with Gasteiger partial charge in [-0.15, -0.1) is 0 Å². The fraction of sp³-hybridized carbons (Fsp3) is 0.130. The van der Waals surface area contributed by atoms with Crippen LogP contribution in [-0.4, -0.2) is 18.5 Å². The Morgan fingerprint density at radius 1 is 0.828 bits per heavy atom. The Labute approximate surface area is 174 Å². The third-order valence-corrected chi connectivity index (χ3v) is 4.51. The summed E-state index contributed by atoms with van der Waals surface area (Å²) in [6.07, 6.45) is 0. The Bertz CT molecular complexity index is 975. The van der Waals surface area contributed by atoms with Crippen LogP contribution < -0.4 is 10.1 Å². The fourth-order valence-corrected chi connectivity index (χ4v) is 2.82. The van der Waals surface area contributed by atoms with Gasteiger partial charge >= 0.3 is 5.97 Å². The highest BCUT2D eigenvalue weighted by Gasteiger charge is 2.15. The zero-order chi connectivity index (χ0) is 20.5. The summed E-state index contributed by atoms with van der Waals surface area (Å²) in [5, 5.41) is 3.25. The molecule has 3 aromatic carbocycles. The van der Waals surface area contributed by atoms with Crippen molar-refractivity contribution in [1.29, 1.82) is 0 Å². The van der Waals surface area contributed by atoms with Crippen molar-refractivity contribution in [3.63, 3.8) is 0 Å². The molecule has 0 spiro atoms. The molecule has 0 radical (unpaired) electrons. The minimum atomic E-state index is -0.579. The quantitative estimate of drug-likeness (QED) is 0.560. The first kappa shape index (κ1) is 20.4. The normalized spacial score (nSPS) is 10.2. The maximum absolute atomic E-state index is 12.4. The Morgan fingerprint density at radius 3 is 2.24 bits per heavy atom. The molecule has 0 heterocycles. The monoisotopic (exact) mass is 409 g/mol. The number of hydrogen-bond acceptors (Lipinski definition) is 4. The van der Waals surface area contributed by atoms with Crippen LogP contribution in [0.2, 0.25) is 5.02 Å². The molecule has 0 aliphatic carbocycles. The summed E-state index contributed by atoms with van der Waals surface area (Å²) < 4.78 is 10.9. The molecule has 1 N–H and O–H groups in total. The van der Waals surface area contributed by atoms with Gasteiger partial charge in [-0.25, -0.2) is 4.79 Å². The first-order chi connectivity index (χ1) is 14.1. The standard InChI is InChI=1S/C23H20ClNO4/c24-21-13-7-5-8-17(21)14-25-22(26)16-29-23(27)20-12-6-4-9-18(20)15-28-19-10-2-1-3-11-19/h1-13H,14-16H2,(H,25,26). The summed E-state index contributed by atoms with van der Waals surface area (Å²) in [5.74, 6) is -0.281. The zero-order valence-electron chi connectivity index (χ0n) is 15.6. The number of para-hydroxylation sites is 1. The molecule has 0 unspecified atom stereocenters. The smallest absolute Gasteiger partial charge is 0.339 e. The second kappa shape index (κ2) is 10.3. The van der Waals surface area contributed by atoms with Crippen LogP contribution in [-0.2, 0) is 22.7 Å². The van der Waals surface area contributed by atoms with Gasteiger partial charge in [-0.2, -0.15) is 0 Å². The van der Waals surface area contributed by atoms with E-state index in [1.54, 1.807) is 24.3 Å². The Morgan fingerprint density at radius 2 is 1.48 bits per heavy atom. The molecule has 3 rings (SSSR count). The first-order valence-corrected chi connectivity index (χ1v) is 9.44. The van der Waals surface area contributed by atoms with E-state index in [1.165, 1.54) is 0 Å². The van der Waals surface area contributed by atoms with Crippen molar-refractivity contribution >= 4 is 23.5 Å². The van der Waals surface area contributed by atoms with Gasteiger partial charge in [0.25, 0.3) is 5.91 Å². The molecule has 0 aromatic heterocycles. The van der Waals surface area contributed by atoms with E-state index in [4.69, 9.17) is 21.1 Å². The van der Waals surface area contributed by atoms with Crippen molar-refractivity contribution in [2.45, 2.75) is 13.2 Å². The van der Waals surface area contributed by atoms with Gasteiger partial charge in [0.05, 0.1) is 5.56 Å². The number of hydrogen-bond donors (Lipinski definition) is 1. The highest BCUT2D eigenvalue weighted by Crippen LogP contribution is 2.16. The van der Waals surface area contributed by atoms with Gasteiger partial charge in [0.2, 0.25) is 0 Å². The summed E-state index contributed by atoms with van der Waals surface area (Å²) in [6.45, 7) is 0.0999. The largest absolute Gasteiger partial charge is 0.489 e. The van der Waals surface area contributed by atoms with E-state index in [0.717, 1.165) is 5.56 Å². The summed E-state index contributed by atoms with van der Waals surface area (Å²) in [7, 11) is 0. The first-order valence-electron chi connectivity index (χ1n) is 9.06. The van der Waals surface area contributed by atoms with Gasteiger partial charge in [-0.3, -0.25) is 4.79 Å². The number of carbonyl (C=O) groups is 2. The summed E-state index contributed by atoms with van der Waals surface area (Å²) in [6, 6.07) is 23.5. The van der Waals surface area contributed by atoms with Crippen LogP contribution >= 0.6 is 11.6 Å². The minimum absolute atomic E-state index is 0.216. The van der Waals surface area contributed by atoms with Gasteiger partial charge in [-0.05, 0) is 29.8 Å². The highest BCUT2D eigenvalue weighted by atomic mass is 35.5. The zero-order valence-corrected chi connectivity index (χ0v) is 16.4. The van der Waals surface area contributed by atoms with Crippen LogP contribution in [0.3, 0.4) is 0 Å². The average molecular weight is 410 g/mol. The van der Waals surface area contributed by atoms with Crippen LogP contribution in [0, 0.1) is 0 Å². The molecule has 1 amide bonds. The summed E-state index contributed by atoms with van der Waals surface area (Å²) in [4.78, 5) is 24.4. The van der Waals surface area contributed by atoms with Crippen molar-refractivity contribution in [1.82, 2.24) is 5.32 Å². The van der Waals surface area contributed by atoms with Crippen LogP contribution in [0.4, 0.5) is 0 Å². The molecular formula is C23H20ClNO4. The average Bonchev–Trinajstić information content (AvgIpc) is 2.76. The van der Waals surface area contributed by atoms with E-state index in [-0.39, 0.29) is 19.8 Å². The van der Waals surface area contributed by atoms with Crippen molar-refractivity contribution in [2.24, 2.45) is 0 Å². The second-order valence-corrected chi connectivity index (χ2v) is 6.61. The predicted molar refractivity (Wildman–Crippen MR) is 111 cm³/mol. The number of rotatable bonds is 8. The van der Waals surface area contributed by atoms with Crippen molar-refractivity contribution in [3.8, 4) is 5.75 Å². The second-order valence-electron chi connectivity index (χ2n) is 6.20. The third-order valence-electron chi connectivity index (χ3n) is 4.14. The molecule has 0 bridgehead atoms. The number of halogens is 1. The maximum Gasteiger partial charge on any atom is 0.339 e. The van der Waals surface area contributed by atoms with E-state index < -0.39 is 11.9 Å². The number of benzene rings is 3. The molecule has 148 valence electrons. The lowest BCUT2D eigenvalue weighted by molar-refractivity contribution is -0.124. The lowest BCUT2D eigenvalue weighted by atomic mass is 10.1. The van der Waals surface area contributed by atoms with Gasteiger partial charge < -0.3 is 14.8 Å². The van der Waals surface area contributed by atoms with Gasteiger partial charge in [-0.1, -0.05) is 66.2 Å².